The van der Waals surface area contributed by atoms with Crippen LogP contribution in [0.5, 0.6) is 12.0 Å². The van der Waals surface area contributed by atoms with Gasteiger partial charge in [-0.2, -0.15) is 0 Å². The Morgan fingerprint density at radius 1 is 0.545 bits per heavy atom. The first kappa shape index (κ1) is 33.4. The molecule has 0 aliphatic heterocycles. The van der Waals surface area contributed by atoms with Gasteiger partial charge in [-0.05, 0) is 79.7 Å². The number of nitrogens with zero attached hydrogens (tertiary/aromatic N) is 6. The minimum atomic E-state index is -0.830. The Morgan fingerprint density at radius 3 is 1.14 bits per heavy atom. The van der Waals surface area contributed by atoms with Crippen molar-refractivity contribution in [2.45, 2.75) is 79.8 Å². The summed E-state index contributed by atoms with van der Waals surface area (Å²) in [7, 11) is 0. The number of ether oxygens (including phenoxy) is 4. The van der Waals surface area contributed by atoms with Crippen molar-refractivity contribution in [1.82, 2.24) is 28.7 Å². The van der Waals surface area contributed by atoms with E-state index < -0.39 is 23.6 Å². The van der Waals surface area contributed by atoms with Crippen molar-refractivity contribution in [1.29, 1.82) is 0 Å². The zero-order chi connectivity index (χ0) is 32.6. The van der Waals surface area contributed by atoms with Crippen LogP contribution in [0.25, 0.3) is 11.4 Å². The van der Waals surface area contributed by atoms with E-state index in [1.54, 1.807) is 76.2 Å². The van der Waals surface area contributed by atoms with Crippen LogP contribution in [0.2, 0.25) is 0 Å². The third-order valence-corrected chi connectivity index (χ3v) is 5.23. The molecule has 2 heterocycles. The van der Waals surface area contributed by atoms with Crippen molar-refractivity contribution < 1.29 is 28.5 Å². The van der Waals surface area contributed by atoms with Crippen molar-refractivity contribution in [2.75, 3.05) is 0 Å². The molecule has 236 valence electrons. The van der Waals surface area contributed by atoms with Gasteiger partial charge in [-0.25, -0.2) is 28.3 Å². The van der Waals surface area contributed by atoms with Crippen molar-refractivity contribution in [3.8, 4) is 23.4 Å². The molecular formula is C30H38N6O8. The fourth-order valence-corrected chi connectivity index (χ4v) is 3.61. The van der Waals surface area contributed by atoms with Crippen molar-refractivity contribution in [3.05, 3.63) is 81.6 Å². The second-order valence-corrected chi connectivity index (χ2v) is 10.5. The van der Waals surface area contributed by atoms with E-state index in [9.17, 15) is 19.2 Å². The molecule has 14 heteroatoms. The predicted molar refractivity (Wildman–Crippen MR) is 161 cm³/mol. The Balaban J connectivity index is 0.000000240. The molecule has 0 saturated heterocycles. The molecule has 44 heavy (non-hydrogen) atoms. The van der Waals surface area contributed by atoms with Crippen LogP contribution in [-0.4, -0.2) is 65.3 Å². The maximum absolute atomic E-state index is 12.5. The van der Waals surface area contributed by atoms with Gasteiger partial charge in [0.1, 0.15) is 0 Å². The van der Waals surface area contributed by atoms with Gasteiger partial charge in [0.05, 0.1) is 35.8 Å². The van der Waals surface area contributed by atoms with Crippen molar-refractivity contribution in [3.63, 3.8) is 0 Å². The lowest BCUT2D eigenvalue weighted by atomic mass is 10.3. The van der Waals surface area contributed by atoms with Crippen LogP contribution < -0.4 is 20.9 Å². The van der Waals surface area contributed by atoms with Gasteiger partial charge >= 0.3 is 35.6 Å². The van der Waals surface area contributed by atoms with Crippen LogP contribution in [0.3, 0.4) is 0 Å². The van der Waals surface area contributed by atoms with Gasteiger partial charge < -0.3 is 18.9 Å². The molecule has 14 nitrogen and oxygen atoms in total. The maximum atomic E-state index is 12.5. The monoisotopic (exact) mass is 610 g/mol. The Hall–Kier alpha value is -5.14. The quantitative estimate of drug-likeness (QED) is 0.280. The average Bonchev–Trinajstić information content (AvgIpc) is 3.44. The van der Waals surface area contributed by atoms with Gasteiger partial charge in [0, 0.05) is 0 Å². The Kier molecular flexibility index (Phi) is 11.3. The van der Waals surface area contributed by atoms with E-state index in [4.69, 9.17) is 18.9 Å². The third-order valence-electron chi connectivity index (χ3n) is 5.23. The summed E-state index contributed by atoms with van der Waals surface area (Å²) < 4.78 is 24.9. The molecule has 0 radical (unpaired) electrons. The highest BCUT2D eigenvalue weighted by Gasteiger charge is 2.24. The molecule has 0 bridgehead atoms. The van der Waals surface area contributed by atoms with Gasteiger partial charge in [0.25, 0.3) is 0 Å². The summed E-state index contributed by atoms with van der Waals surface area (Å²) in [6.07, 6.45) is -2.75. The van der Waals surface area contributed by atoms with Crippen LogP contribution in [0.4, 0.5) is 9.59 Å². The molecule has 2 aromatic heterocycles. The first-order valence-corrected chi connectivity index (χ1v) is 14.1. The van der Waals surface area contributed by atoms with Crippen molar-refractivity contribution >= 4 is 12.2 Å². The summed E-state index contributed by atoms with van der Waals surface area (Å²) in [6, 6.07) is 17.8. The fraction of sp³-hybridized carbons (Fsp3) is 0.400. The molecular weight excluding hydrogens is 572 g/mol. The molecule has 4 rings (SSSR count). The fourth-order valence-electron chi connectivity index (χ4n) is 3.61. The Bertz CT molecular complexity index is 1530. The normalized spacial score (nSPS) is 11.0. The summed E-state index contributed by atoms with van der Waals surface area (Å²) in [5, 5.41) is 7.90. The zero-order valence-electron chi connectivity index (χ0n) is 26.0. The van der Waals surface area contributed by atoms with E-state index in [1.165, 1.54) is 9.13 Å². The molecule has 0 fully saturated rings. The van der Waals surface area contributed by atoms with Crippen LogP contribution in [0.1, 0.15) is 55.4 Å². The standard InChI is InChI=1S/2C15H19N3O4/c2*1-10(2)21-13-16-18(15(20)22-11(3)4)14(19)17(13)12-8-6-5-7-9-12/h2*5-11H,1-4H3. The molecule has 2 aromatic carbocycles. The van der Waals surface area contributed by atoms with E-state index in [1.807, 2.05) is 39.8 Å². The molecule has 0 aliphatic carbocycles. The number of para-hydroxylation sites is 2. The molecule has 0 saturated carbocycles. The lowest BCUT2D eigenvalue weighted by Gasteiger charge is -2.09. The highest BCUT2D eigenvalue weighted by atomic mass is 16.6. The molecule has 0 spiro atoms. The van der Waals surface area contributed by atoms with E-state index >= 15 is 0 Å². The van der Waals surface area contributed by atoms with Gasteiger partial charge in [0.2, 0.25) is 0 Å². The van der Waals surface area contributed by atoms with Gasteiger partial charge in [-0.1, -0.05) is 36.4 Å². The maximum Gasteiger partial charge on any atom is 0.439 e. The molecule has 4 aromatic rings. The highest BCUT2D eigenvalue weighted by molar-refractivity contribution is 5.69. The number of rotatable bonds is 8. The largest absolute Gasteiger partial charge is 0.461 e. The van der Waals surface area contributed by atoms with Crippen molar-refractivity contribution in [2.24, 2.45) is 0 Å². The number of aromatic nitrogens is 6. The summed E-state index contributed by atoms with van der Waals surface area (Å²) in [6.45, 7) is 14.0. The lowest BCUT2D eigenvalue weighted by molar-refractivity contribution is 0.111. The average molecular weight is 611 g/mol. The summed E-state index contributed by atoms with van der Waals surface area (Å²) in [5.41, 5.74) is -0.140. The number of benzene rings is 2. The van der Waals surface area contributed by atoms with E-state index in [0.717, 1.165) is 0 Å². The third kappa shape index (κ3) is 8.46. The SMILES string of the molecule is CC(C)OC(=O)n1nc(OC(C)C)n(-c2ccccc2)c1=O.CC(C)OC(=O)n1nc(OC(C)C)n(-c2ccccc2)c1=O. The number of carbonyl (C=O) groups excluding carboxylic acids is 2. The number of hydrogen-bond acceptors (Lipinski definition) is 10. The van der Waals surface area contributed by atoms with E-state index in [2.05, 4.69) is 10.2 Å². The Morgan fingerprint density at radius 2 is 0.864 bits per heavy atom. The molecule has 0 atom stereocenters. The number of carbonyl (C=O) groups is 2. The van der Waals surface area contributed by atoms with Crippen LogP contribution in [0.15, 0.2) is 70.3 Å². The molecule has 0 unspecified atom stereocenters. The lowest BCUT2D eigenvalue weighted by Crippen LogP contribution is -2.31. The highest BCUT2D eigenvalue weighted by Crippen LogP contribution is 2.16. The topological polar surface area (TPSA) is 151 Å². The van der Waals surface area contributed by atoms with Crippen LogP contribution >= 0.6 is 0 Å². The van der Waals surface area contributed by atoms with Gasteiger partial charge in [-0.15, -0.1) is 19.6 Å². The van der Waals surface area contributed by atoms with Crippen LogP contribution in [-0.2, 0) is 9.47 Å². The minimum absolute atomic E-state index is 0.0481. The van der Waals surface area contributed by atoms with Crippen LogP contribution in [0, 0.1) is 0 Å². The van der Waals surface area contributed by atoms with Gasteiger partial charge in [-0.3, -0.25) is 0 Å². The van der Waals surface area contributed by atoms with E-state index in [-0.39, 0.29) is 36.4 Å². The van der Waals surface area contributed by atoms with E-state index in [0.29, 0.717) is 20.7 Å². The first-order chi connectivity index (χ1) is 20.8. The van der Waals surface area contributed by atoms with Gasteiger partial charge in [0.15, 0.2) is 0 Å². The predicted octanol–water partition coefficient (Wildman–Crippen LogP) is 4.43. The number of hydrogen-bond donors (Lipinski definition) is 0. The zero-order valence-corrected chi connectivity index (χ0v) is 26.0. The molecule has 0 amide bonds. The second-order valence-electron chi connectivity index (χ2n) is 10.5. The smallest absolute Gasteiger partial charge is 0.439 e. The summed E-state index contributed by atoms with van der Waals surface area (Å²) >= 11 is 0. The minimum Gasteiger partial charge on any atom is -0.461 e. The first-order valence-electron chi connectivity index (χ1n) is 14.1. The molecule has 0 N–H and O–H groups in total. The second kappa shape index (κ2) is 14.8. The summed E-state index contributed by atoms with van der Waals surface area (Å²) in [5.74, 6) is 0. The molecule has 0 aliphatic rings. The summed E-state index contributed by atoms with van der Waals surface area (Å²) in [4.78, 5) is 48.9. The Labute approximate surface area is 254 Å².